The van der Waals surface area contributed by atoms with Crippen LogP contribution in [0.3, 0.4) is 0 Å². The zero-order valence-electron chi connectivity index (χ0n) is 16.5. The highest BCUT2D eigenvalue weighted by atomic mass is 35.5. The van der Waals surface area contributed by atoms with Gasteiger partial charge in [-0.3, -0.25) is 4.79 Å². The molecule has 0 bridgehead atoms. The van der Waals surface area contributed by atoms with Crippen molar-refractivity contribution >= 4 is 23.2 Å². The zero-order chi connectivity index (χ0) is 20.5. The highest BCUT2D eigenvalue weighted by molar-refractivity contribution is 6.30. The highest BCUT2D eigenvalue weighted by Gasteiger charge is 2.28. The molecule has 4 rings (SSSR count). The molecule has 0 saturated heterocycles. The van der Waals surface area contributed by atoms with Gasteiger partial charge in [0.05, 0.1) is 24.1 Å². The van der Waals surface area contributed by atoms with Gasteiger partial charge in [-0.1, -0.05) is 28.9 Å². The van der Waals surface area contributed by atoms with Gasteiger partial charge in [0.1, 0.15) is 17.3 Å². The van der Waals surface area contributed by atoms with Crippen LogP contribution in [0.4, 0.5) is 5.69 Å². The van der Waals surface area contributed by atoms with Crippen LogP contribution in [0, 0.1) is 13.8 Å². The summed E-state index contributed by atoms with van der Waals surface area (Å²) in [6.45, 7) is 4.27. The SMILES string of the molecule is COc1cc2c(cc1-c1c(C)noc1C)OCC(=O)N2CCc1ccc(Cl)cc1. The maximum Gasteiger partial charge on any atom is 0.265 e. The van der Waals surface area contributed by atoms with Crippen LogP contribution in [-0.2, 0) is 11.2 Å². The van der Waals surface area contributed by atoms with E-state index < -0.39 is 0 Å². The third-order valence-electron chi connectivity index (χ3n) is 5.06. The number of anilines is 1. The molecule has 0 aliphatic carbocycles. The van der Waals surface area contributed by atoms with Gasteiger partial charge in [0.25, 0.3) is 5.91 Å². The van der Waals surface area contributed by atoms with E-state index >= 15 is 0 Å². The van der Waals surface area contributed by atoms with Crippen molar-refractivity contribution in [2.24, 2.45) is 0 Å². The molecular formula is C22H21ClN2O4. The summed E-state index contributed by atoms with van der Waals surface area (Å²) in [4.78, 5) is 14.3. The Morgan fingerprint density at radius 2 is 1.97 bits per heavy atom. The fraction of sp³-hybridized carbons (Fsp3) is 0.273. The number of hydrogen-bond acceptors (Lipinski definition) is 5. The molecule has 7 heteroatoms. The van der Waals surface area contributed by atoms with Gasteiger partial charge in [-0.15, -0.1) is 0 Å². The van der Waals surface area contributed by atoms with E-state index in [1.54, 1.807) is 12.0 Å². The molecule has 0 unspecified atom stereocenters. The number of ether oxygens (including phenoxy) is 2. The number of nitrogens with zero attached hydrogens (tertiary/aromatic N) is 2. The molecule has 1 aliphatic heterocycles. The van der Waals surface area contributed by atoms with Gasteiger partial charge >= 0.3 is 0 Å². The van der Waals surface area contributed by atoms with Gasteiger partial charge in [-0.2, -0.15) is 0 Å². The van der Waals surface area contributed by atoms with Crippen LogP contribution in [0.25, 0.3) is 11.1 Å². The molecule has 0 fully saturated rings. The summed E-state index contributed by atoms with van der Waals surface area (Å²) in [7, 11) is 1.60. The normalized spacial score (nSPS) is 13.2. The Morgan fingerprint density at radius 1 is 1.21 bits per heavy atom. The molecule has 0 radical (unpaired) electrons. The first kappa shape index (κ1) is 19.3. The largest absolute Gasteiger partial charge is 0.496 e. The van der Waals surface area contributed by atoms with Crippen molar-refractivity contribution in [3.05, 3.63) is 58.4 Å². The minimum Gasteiger partial charge on any atom is -0.496 e. The third kappa shape index (κ3) is 3.68. The number of benzene rings is 2. The number of rotatable bonds is 5. The molecule has 0 atom stereocenters. The van der Waals surface area contributed by atoms with Gasteiger partial charge < -0.3 is 18.9 Å². The number of aromatic nitrogens is 1. The lowest BCUT2D eigenvalue weighted by Gasteiger charge is -2.30. The second-order valence-electron chi connectivity index (χ2n) is 6.93. The Morgan fingerprint density at radius 3 is 2.62 bits per heavy atom. The van der Waals surface area contributed by atoms with Crippen LogP contribution in [0.5, 0.6) is 11.5 Å². The van der Waals surface area contributed by atoms with Crippen LogP contribution in [0.1, 0.15) is 17.0 Å². The Balaban J connectivity index is 1.69. The van der Waals surface area contributed by atoms with Crippen molar-refractivity contribution in [1.29, 1.82) is 0 Å². The molecule has 0 spiro atoms. The Bertz CT molecular complexity index is 1040. The summed E-state index contributed by atoms with van der Waals surface area (Å²) in [6.07, 6.45) is 0.705. The molecule has 1 amide bonds. The molecule has 1 aliphatic rings. The van der Waals surface area contributed by atoms with Gasteiger partial charge in [-0.25, -0.2) is 0 Å². The lowest BCUT2D eigenvalue weighted by molar-refractivity contribution is -0.121. The van der Waals surface area contributed by atoms with Gasteiger partial charge in [0, 0.05) is 23.2 Å². The third-order valence-corrected chi connectivity index (χ3v) is 5.32. The number of carbonyl (C=O) groups excluding carboxylic acids is 1. The second-order valence-corrected chi connectivity index (χ2v) is 7.37. The molecule has 2 heterocycles. The lowest BCUT2D eigenvalue weighted by Crippen LogP contribution is -2.40. The fourth-order valence-corrected chi connectivity index (χ4v) is 3.72. The summed E-state index contributed by atoms with van der Waals surface area (Å²) in [5.74, 6) is 1.88. The van der Waals surface area contributed by atoms with Crippen molar-refractivity contribution in [3.8, 4) is 22.6 Å². The molecule has 0 N–H and O–H groups in total. The number of amides is 1. The van der Waals surface area contributed by atoms with Gasteiger partial charge in [0.2, 0.25) is 0 Å². The maximum absolute atomic E-state index is 12.6. The van der Waals surface area contributed by atoms with Crippen LogP contribution >= 0.6 is 11.6 Å². The first-order chi connectivity index (χ1) is 14.0. The highest BCUT2D eigenvalue weighted by Crippen LogP contribution is 2.44. The Kier molecular flexibility index (Phi) is 5.20. The maximum atomic E-state index is 12.6. The lowest BCUT2D eigenvalue weighted by atomic mass is 10.0. The van der Waals surface area contributed by atoms with Crippen molar-refractivity contribution in [2.75, 3.05) is 25.2 Å². The van der Waals surface area contributed by atoms with Crippen molar-refractivity contribution in [3.63, 3.8) is 0 Å². The Labute approximate surface area is 174 Å². The number of methoxy groups -OCH3 is 1. The first-order valence-corrected chi connectivity index (χ1v) is 9.68. The summed E-state index contributed by atoms with van der Waals surface area (Å²) in [6, 6.07) is 11.4. The average molecular weight is 413 g/mol. The van der Waals surface area contributed by atoms with E-state index in [2.05, 4.69) is 5.16 Å². The van der Waals surface area contributed by atoms with Crippen molar-refractivity contribution in [2.45, 2.75) is 20.3 Å². The van der Waals surface area contributed by atoms with E-state index in [1.165, 1.54) is 0 Å². The number of hydrogen-bond donors (Lipinski definition) is 0. The molecule has 6 nitrogen and oxygen atoms in total. The molecule has 29 heavy (non-hydrogen) atoms. The predicted octanol–water partition coefficient (Wildman–Crippen LogP) is 4.59. The van der Waals surface area contributed by atoms with Crippen molar-refractivity contribution < 1.29 is 18.8 Å². The average Bonchev–Trinajstić information content (AvgIpc) is 3.05. The number of fused-ring (bicyclic) bond motifs is 1. The summed E-state index contributed by atoms with van der Waals surface area (Å²) < 4.78 is 16.7. The van der Waals surface area contributed by atoms with E-state index in [9.17, 15) is 4.79 Å². The van der Waals surface area contributed by atoms with E-state index in [-0.39, 0.29) is 12.5 Å². The fourth-order valence-electron chi connectivity index (χ4n) is 3.60. The minimum absolute atomic E-state index is 0.000980. The van der Waals surface area contributed by atoms with E-state index in [1.807, 2.05) is 50.2 Å². The van der Waals surface area contributed by atoms with E-state index in [0.717, 1.165) is 22.4 Å². The first-order valence-electron chi connectivity index (χ1n) is 9.31. The second kappa shape index (κ2) is 7.79. The van der Waals surface area contributed by atoms with Crippen LogP contribution in [-0.4, -0.2) is 31.3 Å². The van der Waals surface area contributed by atoms with Crippen LogP contribution < -0.4 is 14.4 Å². The van der Waals surface area contributed by atoms with E-state index in [4.69, 9.17) is 25.6 Å². The summed E-state index contributed by atoms with van der Waals surface area (Å²) >= 11 is 5.96. The van der Waals surface area contributed by atoms with Crippen LogP contribution in [0.2, 0.25) is 5.02 Å². The summed E-state index contributed by atoms with van der Waals surface area (Å²) in [5, 5.41) is 4.72. The van der Waals surface area contributed by atoms with E-state index in [0.29, 0.717) is 40.9 Å². The monoisotopic (exact) mass is 412 g/mol. The van der Waals surface area contributed by atoms with Crippen molar-refractivity contribution in [1.82, 2.24) is 5.16 Å². The molecule has 2 aromatic carbocycles. The smallest absolute Gasteiger partial charge is 0.265 e. The molecular weight excluding hydrogens is 392 g/mol. The summed E-state index contributed by atoms with van der Waals surface area (Å²) in [5.41, 5.74) is 4.27. The molecule has 3 aromatic rings. The molecule has 1 aromatic heterocycles. The zero-order valence-corrected chi connectivity index (χ0v) is 17.2. The quantitative estimate of drug-likeness (QED) is 0.613. The Hall–Kier alpha value is -2.99. The number of carbonyl (C=O) groups is 1. The topological polar surface area (TPSA) is 64.8 Å². The predicted molar refractivity (Wildman–Crippen MR) is 111 cm³/mol. The van der Waals surface area contributed by atoms with Gasteiger partial charge in [-0.05, 0) is 44.0 Å². The van der Waals surface area contributed by atoms with Crippen LogP contribution in [0.15, 0.2) is 40.9 Å². The standard InChI is InChI=1S/C22H21ClN2O4/c1-13-22(14(2)29-24-13)17-10-20-18(11-19(17)27-3)25(21(26)12-28-20)9-8-15-4-6-16(23)7-5-15/h4-7,10-11H,8-9,12H2,1-3H3. The van der Waals surface area contributed by atoms with Gasteiger partial charge in [0.15, 0.2) is 6.61 Å². The molecule has 150 valence electrons. The molecule has 0 saturated carbocycles. The number of halogens is 1. The number of aryl methyl sites for hydroxylation is 2. The minimum atomic E-state index is -0.0846.